The highest BCUT2D eigenvalue weighted by Gasteiger charge is 2.30. The number of aliphatic hydroxyl groups excluding tert-OH is 1. The van der Waals surface area contributed by atoms with Gasteiger partial charge in [0.25, 0.3) is 0 Å². The second-order valence-corrected chi connectivity index (χ2v) is 4.99. The molecule has 1 aliphatic heterocycles. The molecule has 0 bridgehead atoms. The summed E-state index contributed by atoms with van der Waals surface area (Å²) in [5.41, 5.74) is 1.44. The molecule has 5 heteroatoms. The fourth-order valence-corrected chi connectivity index (χ4v) is 2.52. The lowest BCUT2D eigenvalue weighted by atomic mass is 10.1. The van der Waals surface area contributed by atoms with E-state index in [1.807, 2.05) is 0 Å². The first-order valence-corrected chi connectivity index (χ1v) is 6.47. The van der Waals surface area contributed by atoms with Crippen molar-refractivity contribution in [2.75, 3.05) is 17.2 Å². The Kier molecular flexibility index (Phi) is 3.97. The molecule has 0 saturated carbocycles. The van der Waals surface area contributed by atoms with Crippen molar-refractivity contribution in [1.82, 2.24) is 0 Å². The minimum atomic E-state index is -0.120. The largest absolute Gasteiger partial charge is 0.392 e. The molecule has 92 valence electrons. The molecule has 1 unspecified atom stereocenters. The fraction of sp³-hybridized carbons (Fsp3) is 0.417. The van der Waals surface area contributed by atoms with E-state index in [-0.39, 0.29) is 18.4 Å². The summed E-state index contributed by atoms with van der Waals surface area (Å²) in [7, 11) is 0. The highest BCUT2D eigenvalue weighted by atomic mass is 35.5. The van der Waals surface area contributed by atoms with E-state index in [0.29, 0.717) is 29.3 Å². The first-order valence-electron chi connectivity index (χ1n) is 5.46. The third kappa shape index (κ3) is 2.59. The number of rotatable bonds is 3. The van der Waals surface area contributed by atoms with Crippen LogP contribution in [0.3, 0.4) is 0 Å². The molecule has 1 aromatic carbocycles. The summed E-state index contributed by atoms with van der Waals surface area (Å²) < 4.78 is 0. The van der Waals surface area contributed by atoms with Crippen molar-refractivity contribution in [1.29, 1.82) is 0 Å². The molecule has 1 aromatic rings. The number of halogens is 1. The zero-order valence-corrected chi connectivity index (χ0v) is 10.9. The zero-order valence-electron chi connectivity index (χ0n) is 9.27. The van der Waals surface area contributed by atoms with E-state index in [4.69, 9.17) is 11.6 Å². The van der Waals surface area contributed by atoms with Crippen molar-refractivity contribution in [2.24, 2.45) is 5.92 Å². The molecule has 0 spiro atoms. The highest BCUT2D eigenvalue weighted by Crippen LogP contribution is 2.30. The zero-order chi connectivity index (χ0) is 12.4. The number of nitrogens with zero attached hydrogens (tertiary/aromatic N) is 1. The summed E-state index contributed by atoms with van der Waals surface area (Å²) in [5, 5.41) is 9.87. The number of hydrogen-bond acceptors (Lipinski definition) is 3. The van der Waals surface area contributed by atoms with Crippen LogP contribution in [0.1, 0.15) is 12.0 Å². The standard InChI is InChI=1S/C12H14ClNO2S/c13-10-1-2-11(9(4-10)6-15)14-5-8(7-17)3-12(14)16/h1-2,4,8,15,17H,3,5-7H2. The predicted molar refractivity (Wildman–Crippen MR) is 71.7 cm³/mol. The molecule has 2 rings (SSSR count). The third-order valence-electron chi connectivity index (χ3n) is 2.97. The molecule has 17 heavy (non-hydrogen) atoms. The van der Waals surface area contributed by atoms with Gasteiger partial charge in [0.2, 0.25) is 5.91 Å². The van der Waals surface area contributed by atoms with Gasteiger partial charge in [-0.2, -0.15) is 12.6 Å². The van der Waals surface area contributed by atoms with Gasteiger partial charge in [0.15, 0.2) is 0 Å². The number of amides is 1. The maximum Gasteiger partial charge on any atom is 0.227 e. The second kappa shape index (κ2) is 5.29. The quantitative estimate of drug-likeness (QED) is 0.827. The summed E-state index contributed by atoms with van der Waals surface area (Å²) in [6.45, 7) is 0.544. The first-order chi connectivity index (χ1) is 8.15. The van der Waals surface area contributed by atoms with Gasteiger partial charge in [-0.05, 0) is 29.9 Å². The number of carbonyl (C=O) groups excluding carboxylic acids is 1. The van der Waals surface area contributed by atoms with Crippen molar-refractivity contribution in [3.05, 3.63) is 28.8 Å². The fourth-order valence-electron chi connectivity index (χ4n) is 2.08. The van der Waals surface area contributed by atoms with Crippen molar-refractivity contribution in [3.8, 4) is 0 Å². The molecule has 1 heterocycles. The number of benzene rings is 1. The Morgan fingerprint density at radius 3 is 2.88 bits per heavy atom. The maximum absolute atomic E-state index is 11.9. The average molecular weight is 272 g/mol. The lowest BCUT2D eigenvalue weighted by Gasteiger charge is -2.19. The van der Waals surface area contributed by atoms with E-state index in [2.05, 4.69) is 12.6 Å². The van der Waals surface area contributed by atoms with Gasteiger partial charge in [0, 0.05) is 29.2 Å². The van der Waals surface area contributed by atoms with Gasteiger partial charge in [0.1, 0.15) is 0 Å². The van der Waals surface area contributed by atoms with Gasteiger partial charge in [-0.3, -0.25) is 4.79 Å². The van der Waals surface area contributed by atoms with Crippen LogP contribution in [0.2, 0.25) is 5.02 Å². The lowest BCUT2D eigenvalue weighted by molar-refractivity contribution is -0.117. The van der Waals surface area contributed by atoms with Crippen molar-refractivity contribution < 1.29 is 9.90 Å². The minimum absolute atomic E-state index is 0.0843. The molecule has 0 aromatic heterocycles. The molecule has 1 atom stereocenters. The van der Waals surface area contributed by atoms with Gasteiger partial charge in [-0.1, -0.05) is 11.6 Å². The Morgan fingerprint density at radius 2 is 2.29 bits per heavy atom. The smallest absolute Gasteiger partial charge is 0.227 e. The lowest BCUT2D eigenvalue weighted by Crippen LogP contribution is -2.25. The van der Waals surface area contributed by atoms with Crippen molar-refractivity contribution >= 4 is 35.8 Å². The van der Waals surface area contributed by atoms with Crippen LogP contribution >= 0.6 is 24.2 Å². The summed E-state index contributed by atoms with van der Waals surface area (Å²) in [6, 6.07) is 5.21. The van der Waals surface area contributed by atoms with Crippen molar-refractivity contribution in [2.45, 2.75) is 13.0 Å². The van der Waals surface area contributed by atoms with E-state index < -0.39 is 0 Å². The molecule has 1 amide bonds. The molecule has 1 saturated heterocycles. The monoisotopic (exact) mass is 271 g/mol. The topological polar surface area (TPSA) is 40.5 Å². The number of thiol groups is 1. The molecule has 0 radical (unpaired) electrons. The summed E-state index contributed by atoms with van der Waals surface area (Å²) >= 11 is 10.1. The van der Waals surface area contributed by atoms with Crippen LogP contribution in [0.4, 0.5) is 5.69 Å². The molecule has 1 fully saturated rings. The van der Waals surface area contributed by atoms with Gasteiger partial charge in [-0.15, -0.1) is 0 Å². The van der Waals surface area contributed by atoms with E-state index in [1.165, 1.54) is 0 Å². The van der Waals surface area contributed by atoms with Crippen LogP contribution in [0.25, 0.3) is 0 Å². The molecule has 1 N–H and O–H groups in total. The Balaban J connectivity index is 2.31. The molecular weight excluding hydrogens is 258 g/mol. The third-order valence-corrected chi connectivity index (χ3v) is 3.72. The van der Waals surface area contributed by atoms with Crippen LogP contribution in [0.15, 0.2) is 18.2 Å². The number of anilines is 1. The van der Waals surface area contributed by atoms with Gasteiger partial charge in [0.05, 0.1) is 6.61 Å². The van der Waals surface area contributed by atoms with E-state index in [9.17, 15) is 9.90 Å². The number of hydrogen-bond donors (Lipinski definition) is 2. The van der Waals surface area contributed by atoms with Crippen LogP contribution < -0.4 is 4.90 Å². The average Bonchev–Trinajstić information content (AvgIpc) is 2.70. The summed E-state index contributed by atoms with van der Waals surface area (Å²) in [5.74, 6) is 1.07. The first kappa shape index (κ1) is 12.7. The second-order valence-electron chi connectivity index (χ2n) is 4.19. The van der Waals surface area contributed by atoms with Gasteiger partial charge in [-0.25, -0.2) is 0 Å². The molecular formula is C12H14ClNO2S. The van der Waals surface area contributed by atoms with E-state index >= 15 is 0 Å². The SMILES string of the molecule is O=C1CC(CS)CN1c1ccc(Cl)cc1CO. The summed E-state index contributed by atoms with van der Waals surface area (Å²) in [6.07, 6.45) is 0.525. The molecule has 3 nitrogen and oxygen atoms in total. The minimum Gasteiger partial charge on any atom is -0.392 e. The van der Waals surface area contributed by atoms with Gasteiger partial charge >= 0.3 is 0 Å². The highest BCUT2D eigenvalue weighted by molar-refractivity contribution is 7.80. The number of aliphatic hydroxyl groups is 1. The van der Waals surface area contributed by atoms with Crippen LogP contribution in [0, 0.1) is 5.92 Å². The normalized spacial score (nSPS) is 20.1. The number of carbonyl (C=O) groups is 1. The van der Waals surface area contributed by atoms with E-state index in [0.717, 1.165) is 5.69 Å². The Morgan fingerprint density at radius 1 is 1.53 bits per heavy atom. The van der Waals surface area contributed by atoms with E-state index in [1.54, 1.807) is 23.1 Å². The Labute approximate surface area is 111 Å². The Bertz CT molecular complexity index is 439. The van der Waals surface area contributed by atoms with Crippen molar-refractivity contribution in [3.63, 3.8) is 0 Å². The van der Waals surface area contributed by atoms with Crippen LogP contribution in [0.5, 0.6) is 0 Å². The van der Waals surface area contributed by atoms with Crippen LogP contribution in [-0.2, 0) is 11.4 Å². The van der Waals surface area contributed by atoms with Crippen LogP contribution in [-0.4, -0.2) is 23.3 Å². The molecule has 0 aliphatic carbocycles. The maximum atomic E-state index is 11.9. The van der Waals surface area contributed by atoms with Gasteiger partial charge < -0.3 is 10.0 Å². The molecule has 1 aliphatic rings. The summed E-state index contributed by atoms with van der Waals surface area (Å²) in [4.78, 5) is 13.6. The predicted octanol–water partition coefficient (Wildman–Crippen LogP) is 2.12. The Hall–Kier alpha value is -0.710.